The SMILES string of the molecule is O=C(c1cccc2ccccc12)N1C/C(=C\N2CCC(c3ccc(F)cc3)CC2)C(CCO)C1. The molecule has 2 fully saturated rings. The number of fused-ring (bicyclic) bond motifs is 1. The van der Waals surface area contributed by atoms with Gasteiger partial charge in [0.15, 0.2) is 0 Å². The number of halogens is 1. The first kappa shape index (κ1) is 22.6. The van der Waals surface area contributed by atoms with Gasteiger partial charge in [0.2, 0.25) is 0 Å². The number of rotatable bonds is 5. The second kappa shape index (κ2) is 9.98. The van der Waals surface area contributed by atoms with E-state index in [2.05, 4.69) is 11.1 Å². The van der Waals surface area contributed by atoms with Crippen molar-refractivity contribution in [2.45, 2.75) is 25.2 Å². The molecule has 34 heavy (non-hydrogen) atoms. The molecule has 0 bridgehead atoms. The second-order valence-corrected chi connectivity index (χ2v) is 9.49. The zero-order valence-corrected chi connectivity index (χ0v) is 19.4. The third-order valence-electron chi connectivity index (χ3n) is 7.34. The van der Waals surface area contributed by atoms with Crippen LogP contribution in [0.1, 0.15) is 41.1 Å². The summed E-state index contributed by atoms with van der Waals surface area (Å²) in [5.74, 6) is 0.498. The number of carbonyl (C=O) groups excluding carboxylic acids is 1. The Balaban J connectivity index is 1.29. The lowest BCUT2D eigenvalue weighted by atomic mass is 9.89. The van der Waals surface area contributed by atoms with Crippen LogP contribution in [0.3, 0.4) is 0 Å². The molecule has 0 aromatic heterocycles. The van der Waals surface area contributed by atoms with Crippen LogP contribution >= 0.6 is 0 Å². The number of hydrogen-bond acceptors (Lipinski definition) is 3. The van der Waals surface area contributed by atoms with E-state index in [4.69, 9.17) is 0 Å². The summed E-state index contributed by atoms with van der Waals surface area (Å²) in [4.78, 5) is 17.8. The van der Waals surface area contributed by atoms with Gasteiger partial charge in [-0.25, -0.2) is 4.39 Å². The first-order chi connectivity index (χ1) is 16.6. The Labute approximate surface area is 200 Å². The average molecular weight is 459 g/mol. The van der Waals surface area contributed by atoms with Gasteiger partial charge in [0.25, 0.3) is 5.91 Å². The van der Waals surface area contributed by atoms with E-state index < -0.39 is 0 Å². The average Bonchev–Trinajstić information content (AvgIpc) is 3.26. The number of benzene rings is 3. The van der Waals surface area contributed by atoms with Gasteiger partial charge in [0.1, 0.15) is 5.82 Å². The molecule has 5 heteroatoms. The van der Waals surface area contributed by atoms with Crippen LogP contribution in [0.25, 0.3) is 10.8 Å². The largest absolute Gasteiger partial charge is 0.396 e. The highest BCUT2D eigenvalue weighted by atomic mass is 19.1. The molecule has 3 aromatic rings. The zero-order valence-electron chi connectivity index (χ0n) is 19.4. The van der Waals surface area contributed by atoms with E-state index >= 15 is 0 Å². The second-order valence-electron chi connectivity index (χ2n) is 9.49. The maximum Gasteiger partial charge on any atom is 0.254 e. The number of carbonyl (C=O) groups is 1. The van der Waals surface area contributed by atoms with Crippen molar-refractivity contribution in [2.24, 2.45) is 5.92 Å². The summed E-state index contributed by atoms with van der Waals surface area (Å²) in [6.07, 6.45) is 4.95. The lowest BCUT2D eigenvalue weighted by Crippen LogP contribution is -2.30. The number of aliphatic hydroxyl groups is 1. The summed E-state index contributed by atoms with van der Waals surface area (Å²) >= 11 is 0. The minimum Gasteiger partial charge on any atom is -0.396 e. The van der Waals surface area contributed by atoms with Crippen LogP contribution in [0.2, 0.25) is 0 Å². The number of aliphatic hydroxyl groups excluding tert-OH is 1. The third-order valence-corrected chi connectivity index (χ3v) is 7.34. The monoisotopic (exact) mass is 458 g/mol. The highest BCUT2D eigenvalue weighted by Crippen LogP contribution is 2.32. The van der Waals surface area contributed by atoms with Crippen molar-refractivity contribution >= 4 is 16.7 Å². The molecule has 5 rings (SSSR count). The molecular formula is C29H31FN2O2. The molecule has 2 aliphatic heterocycles. The molecule has 0 aliphatic carbocycles. The van der Waals surface area contributed by atoms with Gasteiger partial charge in [-0.2, -0.15) is 0 Å². The zero-order chi connectivity index (χ0) is 23.5. The van der Waals surface area contributed by atoms with Gasteiger partial charge >= 0.3 is 0 Å². The Bertz CT molecular complexity index is 1180. The Hall–Kier alpha value is -3.18. The summed E-state index contributed by atoms with van der Waals surface area (Å²) < 4.78 is 13.3. The number of nitrogens with zero attached hydrogens (tertiary/aromatic N) is 2. The van der Waals surface area contributed by atoms with Crippen LogP contribution in [0.15, 0.2) is 78.5 Å². The Morgan fingerprint density at radius 2 is 1.74 bits per heavy atom. The molecule has 0 saturated carbocycles. The Morgan fingerprint density at radius 1 is 1.00 bits per heavy atom. The number of hydrogen-bond donors (Lipinski definition) is 1. The van der Waals surface area contributed by atoms with E-state index in [-0.39, 0.29) is 24.2 Å². The minimum atomic E-state index is -0.190. The van der Waals surface area contributed by atoms with Crippen molar-refractivity contribution in [3.63, 3.8) is 0 Å². The van der Waals surface area contributed by atoms with Gasteiger partial charge in [-0.05, 0) is 65.3 Å². The molecule has 4 nitrogen and oxygen atoms in total. The van der Waals surface area contributed by atoms with Crippen molar-refractivity contribution in [1.29, 1.82) is 0 Å². The topological polar surface area (TPSA) is 43.8 Å². The third kappa shape index (κ3) is 4.71. The highest BCUT2D eigenvalue weighted by Gasteiger charge is 2.32. The molecule has 0 radical (unpaired) electrons. The Kier molecular flexibility index (Phi) is 6.63. The predicted molar refractivity (Wildman–Crippen MR) is 133 cm³/mol. The lowest BCUT2D eigenvalue weighted by Gasteiger charge is -2.32. The van der Waals surface area contributed by atoms with Crippen LogP contribution in [-0.2, 0) is 0 Å². The predicted octanol–water partition coefficient (Wildman–Crippen LogP) is 5.20. The van der Waals surface area contributed by atoms with Crippen LogP contribution in [-0.4, -0.2) is 53.6 Å². The maximum atomic E-state index is 13.5. The molecule has 1 N–H and O–H groups in total. The number of likely N-dealkylation sites (tertiary alicyclic amines) is 2. The molecule has 2 aliphatic rings. The molecule has 1 atom stereocenters. The summed E-state index contributed by atoms with van der Waals surface area (Å²) in [6, 6.07) is 20.8. The van der Waals surface area contributed by atoms with Crippen LogP contribution in [0.4, 0.5) is 4.39 Å². The quantitative estimate of drug-likeness (QED) is 0.572. The summed E-state index contributed by atoms with van der Waals surface area (Å²) in [7, 11) is 0. The first-order valence-corrected chi connectivity index (χ1v) is 12.2. The van der Waals surface area contributed by atoms with Gasteiger partial charge in [-0.15, -0.1) is 0 Å². The maximum absolute atomic E-state index is 13.5. The molecule has 0 spiro atoms. The van der Waals surface area contributed by atoms with E-state index in [9.17, 15) is 14.3 Å². The van der Waals surface area contributed by atoms with Crippen molar-refractivity contribution in [3.8, 4) is 0 Å². The molecule has 3 aromatic carbocycles. The fraction of sp³-hybridized carbons (Fsp3) is 0.345. The highest BCUT2D eigenvalue weighted by molar-refractivity contribution is 6.07. The van der Waals surface area contributed by atoms with Crippen molar-refractivity contribution < 1.29 is 14.3 Å². The smallest absolute Gasteiger partial charge is 0.254 e. The summed E-state index contributed by atoms with van der Waals surface area (Å²) in [5, 5.41) is 11.7. The Morgan fingerprint density at radius 3 is 2.50 bits per heavy atom. The molecule has 1 amide bonds. The summed E-state index contributed by atoms with van der Waals surface area (Å²) in [6.45, 7) is 3.24. The normalized spacial score (nSPS) is 20.4. The number of amides is 1. The summed E-state index contributed by atoms with van der Waals surface area (Å²) in [5.41, 5.74) is 3.17. The van der Waals surface area contributed by atoms with Crippen LogP contribution < -0.4 is 0 Å². The lowest BCUT2D eigenvalue weighted by molar-refractivity contribution is 0.0788. The van der Waals surface area contributed by atoms with E-state index in [1.807, 2.05) is 59.5 Å². The van der Waals surface area contributed by atoms with Crippen molar-refractivity contribution in [3.05, 3.63) is 95.4 Å². The van der Waals surface area contributed by atoms with E-state index in [0.29, 0.717) is 25.4 Å². The van der Waals surface area contributed by atoms with Gasteiger partial charge in [0, 0.05) is 50.5 Å². The van der Waals surface area contributed by atoms with Gasteiger partial charge < -0.3 is 14.9 Å². The molecule has 176 valence electrons. The van der Waals surface area contributed by atoms with Crippen LogP contribution in [0, 0.1) is 11.7 Å². The molecule has 2 saturated heterocycles. The molecular weight excluding hydrogens is 427 g/mol. The standard InChI is InChI=1S/C29H31FN2O2/c30-26-10-8-21(9-11-26)22-12-15-31(16-13-22)18-25-20-32(19-24(25)14-17-33)29(34)28-7-3-5-23-4-1-2-6-27(23)28/h1-11,18,22,24,33H,12-17,19-20H2/b25-18+. The van der Waals surface area contributed by atoms with E-state index in [0.717, 1.165) is 42.3 Å². The van der Waals surface area contributed by atoms with E-state index in [1.165, 1.54) is 11.1 Å². The van der Waals surface area contributed by atoms with Gasteiger partial charge in [-0.1, -0.05) is 48.5 Å². The van der Waals surface area contributed by atoms with Crippen molar-refractivity contribution in [1.82, 2.24) is 9.80 Å². The first-order valence-electron chi connectivity index (χ1n) is 12.2. The minimum absolute atomic E-state index is 0.0538. The van der Waals surface area contributed by atoms with Gasteiger partial charge in [0.05, 0.1) is 0 Å². The van der Waals surface area contributed by atoms with Crippen LogP contribution in [0.5, 0.6) is 0 Å². The fourth-order valence-electron chi connectivity index (χ4n) is 5.44. The van der Waals surface area contributed by atoms with E-state index in [1.54, 1.807) is 12.1 Å². The molecule has 2 heterocycles. The molecule has 1 unspecified atom stereocenters. The van der Waals surface area contributed by atoms with Gasteiger partial charge in [-0.3, -0.25) is 4.79 Å². The fourth-order valence-corrected chi connectivity index (χ4v) is 5.44. The number of piperidine rings is 1. The van der Waals surface area contributed by atoms with Crippen molar-refractivity contribution in [2.75, 3.05) is 32.8 Å².